The summed E-state index contributed by atoms with van der Waals surface area (Å²) in [5, 5.41) is 0. The largest absolute Gasteiger partial charge is 0.369 e. The van der Waals surface area contributed by atoms with Gasteiger partial charge >= 0.3 is 0 Å². The van der Waals surface area contributed by atoms with Crippen LogP contribution in [0.2, 0.25) is 0 Å². The van der Waals surface area contributed by atoms with Crippen molar-refractivity contribution in [1.29, 1.82) is 0 Å². The predicted molar refractivity (Wildman–Crippen MR) is 89.0 cm³/mol. The van der Waals surface area contributed by atoms with Crippen molar-refractivity contribution in [3.8, 4) is 0 Å². The molecule has 0 unspecified atom stereocenters. The van der Waals surface area contributed by atoms with Gasteiger partial charge in [0.1, 0.15) is 11.6 Å². The van der Waals surface area contributed by atoms with Gasteiger partial charge < -0.3 is 14.5 Å². The highest BCUT2D eigenvalue weighted by molar-refractivity contribution is 5.79. The topological polar surface area (TPSA) is 32.8 Å². The fourth-order valence-corrected chi connectivity index (χ4v) is 4.99. The van der Waals surface area contributed by atoms with Crippen LogP contribution in [0.4, 0.5) is 8.78 Å². The van der Waals surface area contributed by atoms with Gasteiger partial charge in [-0.3, -0.25) is 4.79 Å². The van der Waals surface area contributed by atoms with Gasteiger partial charge in [-0.2, -0.15) is 0 Å². The van der Waals surface area contributed by atoms with Crippen molar-refractivity contribution < 1.29 is 18.3 Å². The van der Waals surface area contributed by atoms with Crippen LogP contribution in [0.15, 0.2) is 18.2 Å². The van der Waals surface area contributed by atoms with Crippen LogP contribution in [0, 0.1) is 23.5 Å². The average Bonchev–Trinajstić information content (AvgIpc) is 3.19. The van der Waals surface area contributed by atoms with Crippen molar-refractivity contribution in [1.82, 2.24) is 9.80 Å². The van der Waals surface area contributed by atoms with E-state index in [4.69, 9.17) is 4.74 Å². The van der Waals surface area contributed by atoms with Gasteiger partial charge in [-0.25, -0.2) is 8.78 Å². The molecule has 3 heterocycles. The van der Waals surface area contributed by atoms with Gasteiger partial charge in [-0.15, -0.1) is 0 Å². The minimum absolute atomic E-state index is 0.0311. The minimum Gasteiger partial charge on any atom is -0.369 e. The standard InChI is InChI=1S/C19H24F2N2O2/c1-22(2)9-14-15-10-23(11-19(15)6-5-17(14)25-19)18(24)7-12-3-4-13(20)8-16(12)21/h3-4,8,14-15,17H,5-7,9-11H2,1-2H3/t14-,15+,17+,19+/m0/s1. The predicted octanol–water partition coefficient (Wildman–Crippen LogP) is 2.07. The maximum Gasteiger partial charge on any atom is 0.227 e. The quantitative estimate of drug-likeness (QED) is 0.834. The van der Waals surface area contributed by atoms with E-state index in [-0.39, 0.29) is 23.5 Å². The van der Waals surface area contributed by atoms with E-state index < -0.39 is 11.6 Å². The Bertz CT molecular complexity index is 696. The van der Waals surface area contributed by atoms with Gasteiger partial charge in [0.25, 0.3) is 0 Å². The molecule has 1 spiro atoms. The lowest BCUT2D eigenvalue weighted by Gasteiger charge is -2.30. The number of rotatable bonds is 4. The number of fused-ring (bicyclic) bond motifs is 1. The molecule has 1 aromatic rings. The zero-order chi connectivity index (χ0) is 17.8. The first-order valence-corrected chi connectivity index (χ1v) is 8.92. The second-order valence-electron chi connectivity index (χ2n) is 7.98. The highest BCUT2D eigenvalue weighted by Crippen LogP contribution is 2.54. The Balaban J connectivity index is 1.47. The summed E-state index contributed by atoms with van der Waals surface area (Å²) in [5.74, 6) is -0.585. The molecule has 4 atom stereocenters. The maximum atomic E-state index is 13.8. The van der Waals surface area contributed by atoms with Crippen LogP contribution in [0.5, 0.6) is 0 Å². The first kappa shape index (κ1) is 16.9. The molecule has 2 bridgehead atoms. The van der Waals surface area contributed by atoms with Crippen LogP contribution in [0.25, 0.3) is 0 Å². The minimum atomic E-state index is -0.659. The Morgan fingerprint density at radius 3 is 2.92 bits per heavy atom. The summed E-state index contributed by atoms with van der Waals surface area (Å²) >= 11 is 0. The van der Waals surface area contributed by atoms with E-state index in [2.05, 4.69) is 19.0 Å². The Labute approximate surface area is 146 Å². The van der Waals surface area contributed by atoms with Gasteiger partial charge in [0.15, 0.2) is 0 Å². The van der Waals surface area contributed by atoms with E-state index in [1.807, 2.05) is 4.90 Å². The van der Waals surface area contributed by atoms with Gasteiger partial charge in [-0.05, 0) is 38.6 Å². The lowest BCUT2D eigenvalue weighted by molar-refractivity contribution is -0.131. The van der Waals surface area contributed by atoms with Crippen LogP contribution in [-0.4, -0.2) is 61.1 Å². The molecule has 1 amide bonds. The van der Waals surface area contributed by atoms with Gasteiger partial charge in [0.2, 0.25) is 5.91 Å². The first-order valence-electron chi connectivity index (χ1n) is 8.92. The van der Waals surface area contributed by atoms with Crippen molar-refractivity contribution in [3.63, 3.8) is 0 Å². The molecule has 0 radical (unpaired) electrons. The molecule has 3 saturated heterocycles. The van der Waals surface area contributed by atoms with Crippen LogP contribution in [0.3, 0.4) is 0 Å². The third-order valence-corrected chi connectivity index (χ3v) is 6.07. The van der Waals surface area contributed by atoms with Crippen molar-refractivity contribution >= 4 is 5.91 Å². The van der Waals surface area contributed by atoms with Gasteiger partial charge in [0.05, 0.1) is 24.7 Å². The van der Waals surface area contributed by atoms with Gasteiger partial charge in [-0.1, -0.05) is 6.07 Å². The van der Waals surface area contributed by atoms with Crippen molar-refractivity contribution in [2.24, 2.45) is 11.8 Å². The first-order chi connectivity index (χ1) is 11.9. The van der Waals surface area contributed by atoms with Crippen molar-refractivity contribution in [3.05, 3.63) is 35.4 Å². The fourth-order valence-electron chi connectivity index (χ4n) is 4.99. The lowest BCUT2D eigenvalue weighted by Crippen LogP contribution is -2.40. The highest BCUT2D eigenvalue weighted by Gasteiger charge is 2.63. The number of nitrogens with zero attached hydrogens (tertiary/aromatic N) is 2. The van der Waals surface area contributed by atoms with E-state index in [0.717, 1.165) is 25.5 Å². The molecule has 0 aliphatic carbocycles. The molecule has 136 valence electrons. The number of hydrogen-bond acceptors (Lipinski definition) is 3. The summed E-state index contributed by atoms with van der Waals surface area (Å²) in [6.45, 7) is 2.24. The molecular formula is C19H24F2N2O2. The molecular weight excluding hydrogens is 326 g/mol. The second-order valence-corrected chi connectivity index (χ2v) is 7.98. The molecule has 6 heteroatoms. The number of hydrogen-bond donors (Lipinski definition) is 0. The van der Waals surface area contributed by atoms with Crippen LogP contribution in [0.1, 0.15) is 18.4 Å². The van der Waals surface area contributed by atoms with E-state index >= 15 is 0 Å². The number of carbonyl (C=O) groups excluding carboxylic acids is 1. The number of benzene rings is 1. The summed E-state index contributed by atoms with van der Waals surface area (Å²) in [7, 11) is 4.13. The number of carbonyl (C=O) groups is 1. The molecule has 0 aromatic heterocycles. The highest BCUT2D eigenvalue weighted by atomic mass is 19.1. The number of amides is 1. The van der Waals surface area contributed by atoms with Crippen LogP contribution >= 0.6 is 0 Å². The Hall–Kier alpha value is -1.53. The van der Waals surface area contributed by atoms with E-state index in [0.29, 0.717) is 31.0 Å². The monoisotopic (exact) mass is 350 g/mol. The van der Waals surface area contributed by atoms with E-state index in [1.165, 1.54) is 12.1 Å². The zero-order valence-corrected chi connectivity index (χ0v) is 14.7. The van der Waals surface area contributed by atoms with E-state index in [1.54, 1.807) is 0 Å². The molecule has 0 saturated carbocycles. The summed E-state index contributed by atoms with van der Waals surface area (Å²) in [4.78, 5) is 16.7. The molecule has 4 nitrogen and oxygen atoms in total. The van der Waals surface area contributed by atoms with Crippen LogP contribution < -0.4 is 0 Å². The third-order valence-electron chi connectivity index (χ3n) is 6.07. The summed E-state index contributed by atoms with van der Waals surface area (Å²) in [6, 6.07) is 3.38. The smallest absolute Gasteiger partial charge is 0.227 e. The molecule has 0 N–H and O–H groups in total. The average molecular weight is 350 g/mol. The fraction of sp³-hybridized carbons (Fsp3) is 0.632. The van der Waals surface area contributed by atoms with Crippen molar-refractivity contribution in [2.75, 3.05) is 33.7 Å². The second kappa shape index (κ2) is 6.02. The number of ether oxygens (including phenoxy) is 1. The summed E-state index contributed by atoms with van der Waals surface area (Å²) < 4.78 is 33.2. The molecule has 1 aromatic carbocycles. The molecule has 4 rings (SSSR count). The Morgan fingerprint density at radius 1 is 1.40 bits per heavy atom. The molecule has 3 aliphatic rings. The van der Waals surface area contributed by atoms with Crippen LogP contribution in [-0.2, 0) is 16.0 Å². The maximum absolute atomic E-state index is 13.8. The summed E-state index contributed by atoms with van der Waals surface area (Å²) in [5.41, 5.74) is 0.0403. The molecule has 3 fully saturated rings. The normalized spacial score (nSPS) is 33.3. The third kappa shape index (κ3) is 2.85. The molecule has 3 aliphatic heterocycles. The SMILES string of the molecule is CN(C)C[C@H]1[C@H]2CN(C(=O)Cc3ccc(F)cc3F)C[C@]23CC[C@H]1O3. The van der Waals surface area contributed by atoms with Crippen molar-refractivity contribution in [2.45, 2.75) is 31.0 Å². The summed E-state index contributed by atoms with van der Waals surface area (Å²) in [6.07, 6.45) is 2.33. The zero-order valence-electron chi connectivity index (χ0n) is 14.7. The lowest BCUT2D eigenvalue weighted by atomic mass is 9.73. The number of halogens is 2. The Morgan fingerprint density at radius 2 is 2.20 bits per heavy atom. The van der Waals surface area contributed by atoms with E-state index in [9.17, 15) is 13.6 Å². The molecule has 25 heavy (non-hydrogen) atoms. The van der Waals surface area contributed by atoms with Gasteiger partial charge in [0, 0.05) is 31.0 Å². The number of likely N-dealkylation sites (tertiary alicyclic amines) is 1. The Kier molecular flexibility index (Phi) is 4.07.